The van der Waals surface area contributed by atoms with Crippen LogP contribution < -0.4 is 0 Å². The summed E-state index contributed by atoms with van der Waals surface area (Å²) in [5.41, 5.74) is 0. The first kappa shape index (κ1) is 11.7. The summed E-state index contributed by atoms with van der Waals surface area (Å²) in [5.74, 6) is -0.842. The summed E-state index contributed by atoms with van der Waals surface area (Å²) in [5, 5.41) is 0. The van der Waals surface area contributed by atoms with E-state index in [1.54, 1.807) is 13.8 Å². The van der Waals surface area contributed by atoms with Crippen molar-refractivity contribution in [2.75, 3.05) is 20.3 Å². The van der Waals surface area contributed by atoms with E-state index < -0.39 is 12.1 Å². The van der Waals surface area contributed by atoms with Gasteiger partial charge in [-0.2, -0.15) is 0 Å². The van der Waals surface area contributed by atoms with Crippen LogP contribution in [0.1, 0.15) is 13.8 Å². The first-order chi connectivity index (χ1) is 6.11. The van der Waals surface area contributed by atoms with Gasteiger partial charge in [0.1, 0.15) is 6.61 Å². The molecule has 0 aromatic carbocycles. The van der Waals surface area contributed by atoms with Crippen LogP contribution in [0.5, 0.6) is 0 Å². The molecule has 0 radical (unpaired) electrons. The van der Waals surface area contributed by atoms with Crippen LogP contribution >= 0.6 is 0 Å². The monoisotopic (exact) mass is 190 g/mol. The van der Waals surface area contributed by atoms with Crippen molar-refractivity contribution in [3.63, 3.8) is 0 Å². The molecule has 0 fully saturated rings. The van der Waals surface area contributed by atoms with Crippen molar-refractivity contribution in [2.24, 2.45) is 5.92 Å². The summed E-state index contributed by atoms with van der Waals surface area (Å²) in [6.45, 7) is 3.62. The number of esters is 1. The Balaban J connectivity index is 3.67. The number of hydrogen-bond donors (Lipinski definition) is 0. The molecule has 13 heavy (non-hydrogen) atoms. The second kappa shape index (κ2) is 6.28. The van der Waals surface area contributed by atoms with Gasteiger partial charge < -0.3 is 14.2 Å². The molecule has 0 spiro atoms. The third-order valence-corrected chi connectivity index (χ3v) is 1.31. The molecule has 0 aliphatic carbocycles. The van der Waals surface area contributed by atoms with Crippen LogP contribution in [-0.4, -0.2) is 32.4 Å². The van der Waals surface area contributed by atoms with E-state index in [0.29, 0.717) is 6.61 Å². The molecule has 0 saturated carbocycles. The van der Waals surface area contributed by atoms with E-state index in [9.17, 15) is 9.59 Å². The smallest absolute Gasteiger partial charge is 0.466 e. The lowest BCUT2D eigenvalue weighted by Crippen LogP contribution is -2.21. The molecule has 0 aliphatic heterocycles. The molecule has 0 bridgehead atoms. The fourth-order valence-corrected chi connectivity index (χ4v) is 0.605. The van der Waals surface area contributed by atoms with Crippen LogP contribution in [0, 0.1) is 5.92 Å². The zero-order chi connectivity index (χ0) is 10.3. The minimum Gasteiger partial charge on any atom is -0.466 e. The molecular weight excluding hydrogens is 176 g/mol. The Morgan fingerprint density at radius 3 is 2.38 bits per heavy atom. The Labute approximate surface area is 77.0 Å². The molecule has 1 atom stereocenters. The molecule has 0 aromatic rings. The molecule has 0 aromatic heterocycles. The lowest BCUT2D eigenvalue weighted by atomic mass is 10.2. The predicted octanol–water partition coefficient (Wildman–Crippen LogP) is 0.969. The Hall–Kier alpha value is -1.26. The topological polar surface area (TPSA) is 61.8 Å². The van der Waals surface area contributed by atoms with Crippen molar-refractivity contribution in [1.29, 1.82) is 0 Å². The van der Waals surface area contributed by atoms with Gasteiger partial charge in [0.05, 0.1) is 19.6 Å². The average Bonchev–Trinajstić information content (AvgIpc) is 2.13. The molecule has 0 rings (SSSR count). The molecule has 1 unspecified atom stereocenters. The lowest BCUT2D eigenvalue weighted by Gasteiger charge is -2.09. The quantitative estimate of drug-likeness (QED) is 0.618. The summed E-state index contributed by atoms with van der Waals surface area (Å²) in [7, 11) is 1.21. The Bertz CT molecular complexity index is 177. The van der Waals surface area contributed by atoms with E-state index in [1.165, 1.54) is 7.11 Å². The van der Waals surface area contributed by atoms with Crippen LogP contribution in [0.25, 0.3) is 0 Å². The van der Waals surface area contributed by atoms with Crippen molar-refractivity contribution in [3.05, 3.63) is 0 Å². The van der Waals surface area contributed by atoms with Crippen molar-refractivity contribution in [1.82, 2.24) is 0 Å². The highest BCUT2D eigenvalue weighted by Gasteiger charge is 2.16. The number of carbonyl (C=O) groups is 2. The van der Waals surface area contributed by atoms with E-state index >= 15 is 0 Å². The number of ether oxygens (including phenoxy) is 3. The summed E-state index contributed by atoms with van der Waals surface area (Å²) in [6, 6.07) is 0. The zero-order valence-electron chi connectivity index (χ0n) is 8.03. The first-order valence-electron chi connectivity index (χ1n) is 3.99. The molecule has 5 nitrogen and oxygen atoms in total. The second-order valence-corrected chi connectivity index (χ2v) is 2.42. The fraction of sp³-hybridized carbons (Fsp3) is 0.750. The summed E-state index contributed by atoms with van der Waals surface area (Å²) in [6.07, 6.45) is -0.795. The van der Waals surface area contributed by atoms with Gasteiger partial charge in [-0.05, 0) is 13.8 Å². The molecule has 0 aliphatic rings. The van der Waals surface area contributed by atoms with Crippen LogP contribution in [0.3, 0.4) is 0 Å². The minimum atomic E-state index is -0.795. The molecule has 76 valence electrons. The third kappa shape index (κ3) is 5.05. The highest BCUT2D eigenvalue weighted by Crippen LogP contribution is 2.00. The Kier molecular flexibility index (Phi) is 5.67. The van der Waals surface area contributed by atoms with Gasteiger partial charge in [0.15, 0.2) is 0 Å². The van der Waals surface area contributed by atoms with Gasteiger partial charge >= 0.3 is 12.1 Å². The van der Waals surface area contributed by atoms with E-state index in [-0.39, 0.29) is 12.6 Å². The zero-order valence-corrected chi connectivity index (χ0v) is 8.03. The number of rotatable bonds is 4. The molecule has 0 amide bonds. The van der Waals surface area contributed by atoms with Gasteiger partial charge in [-0.3, -0.25) is 4.79 Å². The van der Waals surface area contributed by atoms with Gasteiger partial charge in [0.2, 0.25) is 0 Å². The maximum absolute atomic E-state index is 11.0. The van der Waals surface area contributed by atoms with E-state index in [4.69, 9.17) is 4.74 Å². The van der Waals surface area contributed by atoms with Gasteiger partial charge in [-0.25, -0.2) is 4.79 Å². The van der Waals surface area contributed by atoms with Crippen LogP contribution in [0.2, 0.25) is 0 Å². The maximum Gasteiger partial charge on any atom is 0.508 e. The summed E-state index contributed by atoms with van der Waals surface area (Å²) < 4.78 is 13.5. The van der Waals surface area contributed by atoms with Crippen molar-refractivity contribution < 1.29 is 23.8 Å². The van der Waals surface area contributed by atoms with Gasteiger partial charge in [-0.1, -0.05) is 0 Å². The standard InChI is InChI=1S/C8H14O5/c1-4-12-7(9)6(2)5-13-8(10)11-3/h6H,4-5H2,1-3H3. The molecule has 0 N–H and O–H groups in total. The number of carbonyl (C=O) groups excluding carboxylic acids is 2. The van der Waals surface area contributed by atoms with Crippen molar-refractivity contribution in [2.45, 2.75) is 13.8 Å². The summed E-state index contributed by atoms with van der Waals surface area (Å²) in [4.78, 5) is 21.5. The second-order valence-electron chi connectivity index (χ2n) is 2.42. The molecule has 0 heterocycles. The number of methoxy groups -OCH3 is 1. The average molecular weight is 190 g/mol. The third-order valence-electron chi connectivity index (χ3n) is 1.31. The minimum absolute atomic E-state index is 0.0223. The number of hydrogen-bond acceptors (Lipinski definition) is 5. The SMILES string of the molecule is CCOC(=O)C(C)COC(=O)OC. The van der Waals surface area contributed by atoms with Crippen LogP contribution in [0.15, 0.2) is 0 Å². The molecule has 0 saturated heterocycles. The van der Waals surface area contributed by atoms with Gasteiger partial charge in [-0.15, -0.1) is 0 Å². The molecular formula is C8H14O5. The lowest BCUT2D eigenvalue weighted by molar-refractivity contribution is -0.148. The van der Waals surface area contributed by atoms with Gasteiger partial charge in [0.25, 0.3) is 0 Å². The van der Waals surface area contributed by atoms with Crippen LogP contribution in [0.4, 0.5) is 4.79 Å². The van der Waals surface area contributed by atoms with Crippen molar-refractivity contribution in [3.8, 4) is 0 Å². The van der Waals surface area contributed by atoms with Crippen molar-refractivity contribution >= 4 is 12.1 Å². The predicted molar refractivity (Wildman–Crippen MR) is 44.2 cm³/mol. The van der Waals surface area contributed by atoms with Crippen LogP contribution in [-0.2, 0) is 19.0 Å². The fourth-order valence-electron chi connectivity index (χ4n) is 0.605. The first-order valence-corrected chi connectivity index (χ1v) is 3.99. The largest absolute Gasteiger partial charge is 0.508 e. The maximum atomic E-state index is 11.0. The Morgan fingerprint density at radius 1 is 1.31 bits per heavy atom. The van der Waals surface area contributed by atoms with E-state index in [2.05, 4.69) is 9.47 Å². The Morgan fingerprint density at radius 2 is 1.92 bits per heavy atom. The highest BCUT2D eigenvalue weighted by atomic mass is 16.7. The normalized spacial score (nSPS) is 11.6. The molecule has 5 heteroatoms. The summed E-state index contributed by atoms with van der Waals surface area (Å²) >= 11 is 0. The van der Waals surface area contributed by atoms with E-state index in [0.717, 1.165) is 0 Å². The van der Waals surface area contributed by atoms with E-state index in [1.807, 2.05) is 0 Å². The van der Waals surface area contributed by atoms with Gasteiger partial charge in [0, 0.05) is 0 Å². The highest BCUT2D eigenvalue weighted by molar-refractivity contribution is 5.72.